The van der Waals surface area contributed by atoms with Crippen molar-refractivity contribution >= 4 is 45.9 Å². The van der Waals surface area contributed by atoms with Gasteiger partial charge in [-0.2, -0.15) is 0 Å². The molecule has 10 nitrogen and oxygen atoms in total. The Morgan fingerprint density at radius 1 is 1.13 bits per heavy atom. The second-order valence-corrected chi connectivity index (χ2v) is 9.54. The SMILES string of the molecule is C=CCn1c(COc2ccc(F)cc2)nnc1SCC(=O)Nc1sc(C(=O)OCC)c(C)c1C(=O)OCC. The first-order chi connectivity index (χ1) is 18.3. The van der Waals surface area contributed by atoms with Crippen LogP contribution in [-0.2, 0) is 27.4 Å². The molecule has 0 unspecified atom stereocenters. The first-order valence-electron chi connectivity index (χ1n) is 11.6. The van der Waals surface area contributed by atoms with Crippen molar-refractivity contribution in [3.63, 3.8) is 0 Å². The van der Waals surface area contributed by atoms with Crippen molar-refractivity contribution in [2.75, 3.05) is 24.3 Å². The number of aromatic nitrogens is 3. The number of rotatable bonds is 13. The van der Waals surface area contributed by atoms with E-state index in [1.807, 2.05) is 0 Å². The van der Waals surface area contributed by atoms with E-state index in [4.69, 9.17) is 14.2 Å². The molecule has 3 rings (SSSR count). The highest BCUT2D eigenvalue weighted by Gasteiger charge is 2.27. The average Bonchev–Trinajstić information content (AvgIpc) is 3.42. The van der Waals surface area contributed by atoms with Gasteiger partial charge in [-0.3, -0.25) is 9.36 Å². The lowest BCUT2D eigenvalue weighted by Crippen LogP contribution is -2.17. The Balaban J connectivity index is 1.71. The smallest absolute Gasteiger partial charge is 0.348 e. The van der Waals surface area contributed by atoms with Gasteiger partial charge in [-0.1, -0.05) is 17.8 Å². The Hall–Kier alpha value is -3.71. The number of nitrogens with one attached hydrogen (secondary N) is 1. The summed E-state index contributed by atoms with van der Waals surface area (Å²) in [5.74, 6) is -1.10. The highest BCUT2D eigenvalue weighted by molar-refractivity contribution is 7.99. The molecule has 0 radical (unpaired) electrons. The first-order valence-corrected chi connectivity index (χ1v) is 13.4. The van der Waals surface area contributed by atoms with E-state index in [9.17, 15) is 18.8 Å². The maximum absolute atomic E-state index is 13.1. The molecular formula is C25H27FN4O6S2. The van der Waals surface area contributed by atoms with Crippen LogP contribution in [0.5, 0.6) is 5.75 Å². The number of amides is 1. The minimum atomic E-state index is -0.642. The monoisotopic (exact) mass is 562 g/mol. The summed E-state index contributed by atoms with van der Waals surface area (Å²) < 4.78 is 30.7. The zero-order chi connectivity index (χ0) is 27.7. The summed E-state index contributed by atoms with van der Waals surface area (Å²) >= 11 is 2.09. The van der Waals surface area contributed by atoms with Crippen LogP contribution in [-0.4, -0.2) is 51.6 Å². The quantitative estimate of drug-likeness (QED) is 0.180. The molecule has 0 saturated carbocycles. The van der Waals surface area contributed by atoms with E-state index >= 15 is 0 Å². The fraction of sp³-hybridized carbons (Fsp3) is 0.320. The largest absolute Gasteiger partial charge is 0.486 e. The van der Waals surface area contributed by atoms with Crippen LogP contribution in [0.3, 0.4) is 0 Å². The first kappa shape index (κ1) is 28.9. The van der Waals surface area contributed by atoms with E-state index in [1.165, 1.54) is 24.3 Å². The van der Waals surface area contributed by atoms with Crippen LogP contribution in [0.25, 0.3) is 0 Å². The maximum atomic E-state index is 13.1. The molecular weight excluding hydrogens is 535 g/mol. The predicted molar refractivity (Wildman–Crippen MR) is 141 cm³/mol. The molecule has 0 spiro atoms. The lowest BCUT2D eigenvalue weighted by molar-refractivity contribution is -0.113. The normalized spacial score (nSPS) is 10.6. The van der Waals surface area contributed by atoms with Gasteiger partial charge >= 0.3 is 11.9 Å². The topological polar surface area (TPSA) is 122 Å². The zero-order valence-corrected chi connectivity index (χ0v) is 22.7. The molecule has 2 heterocycles. The van der Waals surface area contributed by atoms with Gasteiger partial charge in [-0.25, -0.2) is 14.0 Å². The molecule has 2 aromatic heterocycles. The number of nitrogens with zero attached hydrogens (tertiary/aromatic N) is 3. The van der Waals surface area contributed by atoms with Crippen LogP contribution in [0, 0.1) is 12.7 Å². The van der Waals surface area contributed by atoms with Gasteiger partial charge in [0.2, 0.25) is 5.91 Å². The molecule has 0 fully saturated rings. The van der Waals surface area contributed by atoms with Gasteiger partial charge in [0.1, 0.15) is 28.1 Å². The third-order valence-electron chi connectivity index (χ3n) is 4.96. The fourth-order valence-corrected chi connectivity index (χ4v) is 5.13. The van der Waals surface area contributed by atoms with Gasteiger partial charge in [0, 0.05) is 6.54 Å². The molecule has 0 aliphatic carbocycles. The summed E-state index contributed by atoms with van der Waals surface area (Å²) in [6, 6.07) is 5.60. The van der Waals surface area contributed by atoms with Gasteiger partial charge in [-0.15, -0.1) is 28.1 Å². The summed E-state index contributed by atoms with van der Waals surface area (Å²) in [7, 11) is 0. The highest BCUT2D eigenvalue weighted by atomic mass is 32.2. The summed E-state index contributed by atoms with van der Waals surface area (Å²) in [6.45, 7) is 9.46. The molecule has 38 heavy (non-hydrogen) atoms. The fourth-order valence-electron chi connectivity index (χ4n) is 3.26. The van der Waals surface area contributed by atoms with Crippen molar-refractivity contribution in [1.82, 2.24) is 14.8 Å². The molecule has 0 aliphatic rings. The Labute approximate surface area is 227 Å². The van der Waals surface area contributed by atoms with E-state index in [1.54, 1.807) is 31.4 Å². The predicted octanol–water partition coefficient (Wildman–Crippen LogP) is 4.64. The van der Waals surface area contributed by atoms with E-state index in [-0.39, 0.29) is 46.8 Å². The van der Waals surface area contributed by atoms with Crippen molar-refractivity contribution in [3.05, 3.63) is 64.6 Å². The van der Waals surface area contributed by atoms with Crippen molar-refractivity contribution in [3.8, 4) is 5.75 Å². The van der Waals surface area contributed by atoms with Crippen molar-refractivity contribution in [1.29, 1.82) is 0 Å². The van der Waals surface area contributed by atoms with Gasteiger partial charge in [0.05, 0.1) is 24.5 Å². The number of carbonyl (C=O) groups excluding carboxylic acids is 3. The van der Waals surface area contributed by atoms with Crippen LogP contribution < -0.4 is 10.1 Å². The summed E-state index contributed by atoms with van der Waals surface area (Å²) in [5, 5.41) is 11.7. The van der Waals surface area contributed by atoms with Gasteiger partial charge < -0.3 is 19.5 Å². The second kappa shape index (κ2) is 13.7. The van der Waals surface area contributed by atoms with Crippen LogP contribution in [0.1, 0.15) is 45.3 Å². The summed E-state index contributed by atoms with van der Waals surface area (Å²) in [6.07, 6.45) is 1.66. The van der Waals surface area contributed by atoms with Crippen molar-refractivity contribution in [2.45, 2.75) is 39.1 Å². The lowest BCUT2D eigenvalue weighted by Gasteiger charge is -2.09. The summed E-state index contributed by atoms with van der Waals surface area (Å²) in [4.78, 5) is 37.9. The molecule has 1 aromatic carbocycles. The number of thioether (sulfide) groups is 1. The molecule has 1 amide bonds. The Bertz CT molecular complexity index is 1310. The Kier molecular flexibility index (Phi) is 10.4. The van der Waals surface area contributed by atoms with Crippen LogP contribution >= 0.6 is 23.1 Å². The van der Waals surface area contributed by atoms with Gasteiger partial charge in [-0.05, 0) is 50.6 Å². The molecule has 202 valence electrons. The number of hydrogen-bond acceptors (Lipinski definition) is 10. The number of anilines is 1. The van der Waals surface area contributed by atoms with Crippen LogP contribution in [0.2, 0.25) is 0 Å². The number of esters is 2. The van der Waals surface area contributed by atoms with Crippen molar-refractivity contribution in [2.24, 2.45) is 0 Å². The molecule has 0 saturated heterocycles. The minimum Gasteiger partial charge on any atom is -0.486 e. The number of thiophene rings is 1. The number of allylic oxidation sites excluding steroid dienone is 1. The molecule has 0 bridgehead atoms. The Morgan fingerprint density at radius 3 is 2.47 bits per heavy atom. The van der Waals surface area contributed by atoms with E-state index < -0.39 is 17.8 Å². The zero-order valence-electron chi connectivity index (χ0n) is 21.1. The van der Waals surface area contributed by atoms with Crippen LogP contribution in [0.4, 0.5) is 9.39 Å². The van der Waals surface area contributed by atoms with E-state index in [2.05, 4.69) is 22.1 Å². The summed E-state index contributed by atoms with van der Waals surface area (Å²) in [5.41, 5.74) is 0.500. The number of hydrogen-bond donors (Lipinski definition) is 1. The minimum absolute atomic E-state index is 0.0535. The van der Waals surface area contributed by atoms with E-state index in [0.29, 0.717) is 28.8 Å². The van der Waals surface area contributed by atoms with Crippen LogP contribution in [0.15, 0.2) is 42.1 Å². The second-order valence-electron chi connectivity index (χ2n) is 7.58. The average molecular weight is 563 g/mol. The number of ether oxygens (including phenoxy) is 3. The lowest BCUT2D eigenvalue weighted by atomic mass is 10.1. The molecule has 13 heteroatoms. The number of halogens is 1. The third-order valence-corrected chi connectivity index (χ3v) is 7.11. The molecule has 0 atom stereocenters. The third kappa shape index (κ3) is 7.19. The maximum Gasteiger partial charge on any atom is 0.348 e. The Morgan fingerprint density at radius 2 is 1.82 bits per heavy atom. The van der Waals surface area contributed by atoms with E-state index in [0.717, 1.165) is 23.1 Å². The molecule has 3 aromatic rings. The van der Waals surface area contributed by atoms with Gasteiger partial charge in [0.25, 0.3) is 0 Å². The number of carbonyl (C=O) groups is 3. The molecule has 1 N–H and O–H groups in total. The molecule has 0 aliphatic heterocycles. The van der Waals surface area contributed by atoms with Gasteiger partial charge in [0.15, 0.2) is 11.0 Å². The number of benzene rings is 1. The standard InChI is InChI=1S/C25H27FN4O6S2/c1-5-12-30-18(13-36-17-10-8-16(26)9-11-17)28-29-25(30)37-14-19(31)27-22-20(23(32)34-6-2)15(4)21(38-22)24(33)35-7-3/h5,8-11H,1,6-7,12-14H2,2-4H3,(H,27,31). The van der Waals surface area contributed by atoms with Crippen molar-refractivity contribution < 1.29 is 33.0 Å². The highest BCUT2D eigenvalue weighted by Crippen LogP contribution is 2.34.